The minimum absolute atomic E-state index is 0.620. The van der Waals surface area contributed by atoms with Crippen molar-refractivity contribution >= 4 is 0 Å². The molecule has 19 heavy (non-hydrogen) atoms. The Hall–Kier alpha value is -0.860. The summed E-state index contributed by atoms with van der Waals surface area (Å²) >= 11 is 0. The van der Waals surface area contributed by atoms with Gasteiger partial charge in [0.25, 0.3) is 0 Å². The lowest BCUT2D eigenvalue weighted by atomic mass is 9.88. The average Bonchev–Trinajstić information content (AvgIpc) is 2.48. The fourth-order valence-electron chi connectivity index (χ4n) is 3.22. The molecule has 1 aliphatic heterocycles. The molecule has 0 aliphatic carbocycles. The number of rotatable bonds is 6. The highest BCUT2D eigenvalue weighted by Crippen LogP contribution is 2.25. The van der Waals surface area contributed by atoms with E-state index in [0.717, 1.165) is 12.5 Å². The number of benzene rings is 1. The van der Waals surface area contributed by atoms with Gasteiger partial charge in [-0.15, -0.1) is 0 Å². The number of likely N-dealkylation sites (tertiary alicyclic amines) is 1. The molecule has 0 bridgehead atoms. The van der Waals surface area contributed by atoms with E-state index in [2.05, 4.69) is 42.2 Å². The second-order valence-corrected chi connectivity index (χ2v) is 5.81. The first-order valence-corrected chi connectivity index (χ1v) is 7.81. The van der Waals surface area contributed by atoms with Gasteiger partial charge in [-0.25, -0.2) is 0 Å². The molecule has 2 heteroatoms. The van der Waals surface area contributed by atoms with E-state index in [0.29, 0.717) is 6.04 Å². The van der Waals surface area contributed by atoms with Crippen molar-refractivity contribution in [2.75, 3.05) is 19.6 Å². The number of aryl methyl sites for hydroxylation is 1. The third-order valence-corrected chi connectivity index (χ3v) is 4.55. The number of hydrogen-bond acceptors (Lipinski definition) is 2. The van der Waals surface area contributed by atoms with E-state index in [4.69, 9.17) is 5.73 Å². The molecular formula is C17H28N2. The summed E-state index contributed by atoms with van der Waals surface area (Å²) in [4.78, 5) is 2.62. The Morgan fingerprint density at radius 1 is 1.26 bits per heavy atom. The molecular weight excluding hydrogens is 232 g/mol. The maximum absolute atomic E-state index is 5.95. The molecule has 0 aromatic heterocycles. The summed E-state index contributed by atoms with van der Waals surface area (Å²) in [6.45, 7) is 5.58. The average molecular weight is 260 g/mol. The molecule has 1 fully saturated rings. The first kappa shape index (κ1) is 14.5. The number of piperidine rings is 1. The predicted molar refractivity (Wildman–Crippen MR) is 82.2 cm³/mol. The van der Waals surface area contributed by atoms with Gasteiger partial charge in [-0.1, -0.05) is 43.7 Å². The fraction of sp³-hybridized carbons (Fsp3) is 0.647. The van der Waals surface area contributed by atoms with E-state index in [1.165, 1.54) is 50.8 Å². The molecule has 106 valence electrons. The second-order valence-electron chi connectivity index (χ2n) is 5.81. The van der Waals surface area contributed by atoms with Crippen molar-refractivity contribution < 1.29 is 0 Å². The van der Waals surface area contributed by atoms with E-state index in [9.17, 15) is 0 Å². The lowest BCUT2D eigenvalue weighted by molar-refractivity contribution is 0.113. The Labute approximate surface area is 118 Å². The third-order valence-electron chi connectivity index (χ3n) is 4.55. The van der Waals surface area contributed by atoms with E-state index >= 15 is 0 Å². The zero-order valence-corrected chi connectivity index (χ0v) is 12.2. The Balaban J connectivity index is 1.76. The van der Waals surface area contributed by atoms with Crippen LogP contribution >= 0.6 is 0 Å². The topological polar surface area (TPSA) is 29.3 Å². The highest BCUT2D eigenvalue weighted by molar-refractivity contribution is 5.14. The summed E-state index contributed by atoms with van der Waals surface area (Å²) in [5.74, 6) is 0.902. The van der Waals surface area contributed by atoms with Gasteiger partial charge in [-0.3, -0.25) is 4.90 Å². The molecule has 2 atom stereocenters. The lowest BCUT2D eigenvalue weighted by Crippen LogP contribution is -2.46. The molecule has 1 aromatic rings. The Kier molecular flexibility index (Phi) is 5.87. The molecule has 1 heterocycles. The van der Waals surface area contributed by atoms with Crippen LogP contribution in [0.25, 0.3) is 0 Å². The van der Waals surface area contributed by atoms with Gasteiger partial charge in [0.2, 0.25) is 0 Å². The second kappa shape index (κ2) is 7.66. The number of nitrogens with zero attached hydrogens (tertiary/aromatic N) is 1. The summed E-state index contributed by atoms with van der Waals surface area (Å²) in [6, 6.07) is 11.4. The largest absolute Gasteiger partial charge is 0.329 e. The van der Waals surface area contributed by atoms with Crippen molar-refractivity contribution in [3.05, 3.63) is 35.9 Å². The Morgan fingerprint density at radius 3 is 2.74 bits per heavy atom. The van der Waals surface area contributed by atoms with E-state index < -0.39 is 0 Å². The van der Waals surface area contributed by atoms with E-state index in [-0.39, 0.29) is 0 Å². The van der Waals surface area contributed by atoms with Gasteiger partial charge in [0.1, 0.15) is 0 Å². The van der Waals surface area contributed by atoms with Crippen LogP contribution in [0.4, 0.5) is 0 Å². The van der Waals surface area contributed by atoms with Crippen molar-refractivity contribution in [1.29, 1.82) is 0 Å². The van der Waals surface area contributed by atoms with Crippen LogP contribution in [0.15, 0.2) is 30.3 Å². The van der Waals surface area contributed by atoms with Crippen molar-refractivity contribution in [3.8, 4) is 0 Å². The van der Waals surface area contributed by atoms with Crippen molar-refractivity contribution in [1.82, 2.24) is 4.90 Å². The minimum Gasteiger partial charge on any atom is -0.329 e. The van der Waals surface area contributed by atoms with Crippen LogP contribution < -0.4 is 5.73 Å². The zero-order chi connectivity index (χ0) is 13.5. The number of hydrogen-bond donors (Lipinski definition) is 1. The minimum atomic E-state index is 0.620. The van der Waals surface area contributed by atoms with E-state index in [1.54, 1.807) is 0 Å². The van der Waals surface area contributed by atoms with Crippen LogP contribution in [-0.2, 0) is 6.42 Å². The molecule has 1 aromatic carbocycles. The number of nitrogens with two attached hydrogens (primary N) is 1. The summed E-state index contributed by atoms with van der Waals surface area (Å²) in [7, 11) is 0. The van der Waals surface area contributed by atoms with Crippen molar-refractivity contribution in [2.45, 2.75) is 45.1 Å². The monoisotopic (exact) mass is 260 g/mol. The van der Waals surface area contributed by atoms with E-state index in [1.807, 2.05) is 0 Å². The van der Waals surface area contributed by atoms with Crippen LogP contribution in [-0.4, -0.2) is 30.6 Å². The Bertz CT molecular complexity index is 350. The summed E-state index contributed by atoms with van der Waals surface area (Å²) in [5, 5.41) is 0. The van der Waals surface area contributed by atoms with Crippen molar-refractivity contribution in [3.63, 3.8) is 0 Å². The molecule has 0 saturated carbocycles. The molecule has 0 radical (unpaired) electrons. The van der Waals surface area contributed by atoms with Gasteiger partial charge in [0.15, 0.2) is 0 Å². The predicted octanol–water partition coefficient (Wildman–Crippen LogP) is 3.07. The first-order valence-electron chi connectivity index (χ1n) is 7.81. The lowest BCUT2D eigenvalue weighted by Gasteiger charge is -2.38. The van der Waals surface area contributed by atoms with Gasteiger partial charge in [0, 0.05) is 12.6 Å². The molecule has 2 nitrogen and oxygen atoms in total. The van der Waals surface area contributed by atoms with Gasteiger partial charge in [0.05, 0.1) is 0 Å². The van der Waals surface area contributed by atoms with Gasteiger partial charge >= 0.3 is 0 Å². The normalized spacial score (nSPS) is 24.5. The molecule has 1 saturated heterocycles. The van der Waals surface area contributed by atoms with Gasteiger partial charge in [-0.2, -0.15) is 0 Å². The zero-order valence-electron chi connectivity index (χ0n) is 12.2. The van der Waals surface area contributed by atoms with Crippen molar-refractivity contribution in [2.24, 2.45) is 11.7 Å². The molecule has 2 rings (SSSR count). The molecule has 1 aliphatic rings. The van der Waals surface area contributed by atoms with Crippen LogP contribution in [0.5, 0.6) is 0 Å². The standard InChI is InChI=1S/C17H28N2/c1-2-15-10-12-19(17(13-15)14-18)11-6-9-16-7-4-3-5-8-16/h3-5,7-8,15,17H,2,6,9-14,18H2,1H3. The van der Waals surface area contributed by atoms with Gasteiger partial charge in [-0.05, 0) is 50.3 Å². The van der Waals surface area contributed by atoms with Crippen LogP contribution in [0.1, 0.15) is 38.2 Å². The molecule has 0 amide bonds. The van der Waals surface area contributed by atoms with Crippen LogP contribution in [0.2, 0.25) is 0 Å². The van der Waals surface area contributed by atoms with Gasteiger partial charge < -0.3 is 5.73 Å². The summed E-state index contributed by atoms with van der Waals surface area (Å²) in [6.07, 6.45) is 6.41. The highest BCUT2D eigenvalue weighted by Gasteiger charge is 2.25. The summed E-state index contributed by atoms with van der Waals surface area (Å²) < 4.78 is 0. The summed E-state index contributed by atoms with van der Waals surface area (Å²) in [5.41, 5.74) is 7.41. The highest BCUT2D eigenvalue weighted by atomic mass is 15.2. The smallest absolute Gasteiger partial charge is 0.0221 e. The quantitative estimate of drug-likeness (QED) is 0.851. The fourth-order valence-corrected chi connectivity index (χ4v) is 3.22. The molecule has 2 unspecified atom stereocenters. The third kappa shape index (κ3) is 4.32. The maximum Gasteiger partial charge on any atom is 0.0221 e. The van der Waals surface area contributed by atoms with Crippen LogP contribution in [0.3, 0.4) is 0 Å². The molecule has 0 spiro atoms. The Morgan fingerprint density at radius 2 is 2.05 bits per heavy atom. The molecule has 2 N–H and O–H groups in total. The maximum atomic E-state index is 5.95. The first-order chi connectivity index (χ1) is 9.33. The SMILES string of the molecule is CCC1CCN(CCCc2ccccc2)C(CN)C1. The van der Waals surface area contributed by atoms with Crippen LogP contribution in [0, 0.1) is 5.92 Å².